The first-order valence-electron chi connectivity index (χ1n) is 12.6. The number of fused-ring (bicyclic) bond motifs is 4. The number of hydrogen-bond acceptors (Lipinski definition) is 6. The van der Waals surface area contributed by atoms with Crippen LogP contribution in [0.2, 0.25) is 0 Å². The molecule has 0 radical (unpaired) electrons. The van der Waals surface area contributed by atoms with Crippen molar-refractivity contribution in [3.05, 3.63) is 11.1 Å². The number of allylic oxidation sites excluding steroid dienone is 1. The molecule has 0 saturated heterocycles. The maximum absolute atomic E-state index is 13.9. The molecule has 0 aliphatic heterocycles. The van der Waals surface area contributed by atoms with Gasteiger partial charge in [-0.05, 0) is 67.3 Å². The Morgan fingerprint density at radius 2 is 1.74 bits per heavy atom. The SMILES string of the molecule is CC(O)(CCC(=O)O)[C@H]1CC(=O)[C@@]2(C)C3=C(C(=O)C[C@]12C)[C@@]1(C)CC[C@H](O)C(C)(C)C1C[C@@H]3O. The van der Waals surface area contributed by atoms with E-state index in [1.165, 1.54) is 0 Å². The quantitative estimate of drug-likeness (QED) is 0.490. The van der Waals surface area contributed by atoms with Gasteiger partial charge in [-0.3, -0.25) is 14.4 Å². The van der Waals surface area contributed by atoms with Gasteiger partial charge < -0.3 is 20.4 Å². The van der Waals surface area contributed by atoms with Gasteiger partial charge in [-0.2, -0.15) is 0 Å². The molecule has 4 aliphatic rings. The number of carboxylic acids is 1. The molecule has 0 aromatic heterocycles. The fraction of sp³-hybridized carbons (Fsp3) is 0.815. The molecule has 0 aromatic carbocycles. The molecule has 0 amide bonds. The summed E-state index contributed by atoms with van der Waals surface area (Å²) >= 11 is 0. The van der Waals surface area contributed by atoms with Gasteiger partial charge in [-0.1, -0.05) is 27.7 Å². The van der Waals surface area contributed by atoms with Crippen molar-refractivity contribution in [3.63, 3.8) is 0 Å². The number of carbonyl (C=O) groups excluding carboxylic acids is 2. The predicted octanol–water partition coefficient (Wildman–Crippen LogP) is 3.04. The van der Waals surface area contributed by atoms with Gasteiger partial charge in [0, 0.05) is 30.8 Å². The first-order chi connectivity index (χ1) is 15.4. The molecule has 0 aromatic rings. The van der Waals surface area contributed by atoms with Gasteiger partial charge in [-0.25, -0.2) is 0 Å². The number of carboxylic acid groups (broad SMARTS) is 1. The zero-order valence-corrected chi connectivity index (χ0v) is 21.3. The minimum absolute atomic E-state index is 0.0134. The molecule has 4 N–H and O–H groups in total. The zero-order valence-electron chi connectivity index (χ0n) is 21.3. The van der Waals surface area contributed by atoms with Crippen molar-refractivity contribution in [3.8, 4) is 0 Å². The summed E-state index contributed by atoms with van der Waals surface area (Å²) < 4.78 is 0. The van der Waals surface area contributed by atoms with Crippen LogP contribution in [0.4, 0.5) is 0 Å². The maximum atomic E-state index is 13.9. The molecule has 0 bridgehead atoms. The molecular weight excluding hydrogens is 436 g/mol. The smallest absolute Gasteiger partial charge is 0.303 e. The van der Waals surface area contributed by atoms with Crippen molar-refractivity contribution in [1.82, 2.24) is 0 Å². The highest BCUT2D eigenvalue weighted by Gasteiger charge is 2.71. The molecule has 7 nitrogen and oxygen atoms in total. The maximum Gasteiger partial charge on any atom is 0.303 e. The Morgan fingerprint density at radius 3 is 2.32 bits per heavy atom. The standard InChI is InChI=1S/C27H40O7/c1-23(2)16-11-14(28)22-21(24(16,3)9-7-18(23)30)15(29)13-25(4)17(12-19(31)27(22,25)6)26(5,34)10-8-20(32)33/h14,16-18,28,30,34H,7-13H2,1-6H3,(H,32,33)/t14-,16?,17-,18-,24-,25+,26?,27-/m0/s1. The summed E-state index contributed by atoms with van der Waals surface area (Å²) in [6.07, 6.45) is -0.118. The Morgan fingerprint density at radius 1 is 1.12 bits per heavy atom. The molecule has 2 saturated carbocycles. The molecule has 4 aliphatic carbocycles. The van der Waals surface area contributed by atoms with Crippen LogP contribution in [0.15, 0.2) is 11.1 Å². The lowest BCUT2D eigenvalue weighted by Crippen LogP contribution is -2.61. The number of ketones is 2. The topological polar surface area (TPSA) is 132 Å². The van der Waals surface area contributed by atoms with Gasteiger partial charge in [0.1, 0.15) is 5.78 Å². The van der Waals surface area contributed by atoms with Gasteiger partial charge in [-0.15, -0.1) is 0 Å². The number of rotatable bonds is 4. The van der Waals surface area contributed by atoms with E-state index in [9.17, 15) is 29.7 Å². The third-order valence-corrected chi connectivity index (χ3v) is 10.9. The first kappa shape index (κ1) is 25.5. The lowest BCUT2D eigenvalue weighted by atomic mass is 9.42. The van der Waals surface area contributed by atoms with Crippen molar-refractivity contribution in [2.24, 2.45) is 33.5 Å². The van der Waals surface area contributed by atoms with Crippen LogP contribution < -0.4 is 0 Å². The van der Waals surface area contributed by atoms with E-state index in [0.717, 1.165) is 0 Å². The molecule has 190 valence electrons. The fourth-order valence-electron chi connectivity index (χ4n) is 8.67. The molecule has 7 heteroatoms. The Kier molecular flexibility index (Phi) is 5.61. The van der Waals surface area contributed by atoms with Crippen LogP contribution in [0.3, 0.4) is 0 Å². The van der Waals surface area contributed by atoms with Crippen LogP contribution in [0, 0.1) is 33.5 Å². The number of aliphatic carboxylic acids is 1. The second kappa shape index (κ2) is 7.47. The van der Waals surface area contributed by atoms with Crippen molar-refractivity contribution in [2.45, 2.75) is 104 Å². The van der Waals surface area contributed by atoms with E-state index in [1.54, 1.807) is 6.92 Å². The number of Topliss-reactive ketones (excluding diaryl/α,β-unsaturated/α-hetero) is 2. The van der Waals surface area contributed by atoms with Crippen LogP contribution in [0.5, 0.6) is 0 Å². The second-order valence-corrected chi connectivity index (χ2v) is 13.0. The Labute approximate surface area is 201 Å². The monoisotopic (exact) mass is 476 g/mol. The third kappa shape index (κ3) is 3.09. The van der Waals surface area contributed by atoms with Gasteiger partial charge in [0.2, 0.25) is 0 Å². The highest BCUT2D eigenvalue weighted by Crippen LogP contribution is 2.71. The number of aliphatic hydroxyl groups excluding tert-OH is 2. The largest absolute Gasteiger partial charge is 0.481 e. The van der Waals surface area contributed by atoms with E-state index in [1.807, 2.05) is 27.7 Å². The highest BCUT2D eigenvalue weighted by atomic mass is 16.4. The summed E-state index contributed by atoms with van der Waals surface area (Å²) in [5.74, 6) is -1.93. The molecule has 34 heavy (non-hydrogen) atoms. The van der Waals surface area contributed by atoms with Crippen LogP contribution in [0.25, 0.3) is 0 Å². The van der Waals surface area contributed by atoms with Crippen LogP contribution in [-0.4, -0.2) is 55.8 Å². The molecule has 2 unspecified atom stereocenters. The zero-order chi connectivity index (χ0) is 25.6. The van der Waals surface area contributed by atoms with E-state index in [2.05, 4.69) is 6.92 Å². The average molecular weight is 477 g/mol. The average Bonchev–Trinajstić information content (AvgIpc) is 2.93. The summed E-state index contributed by atoms with van der Waals surface area (Å²) in [4.78, 5) is 38.9. The van der Waals surface area contributed by atoms with Gasteiger partial charge in [0.15, 0.2) is 5.78 Å². The second-order valence-electron chi connectivity index (χ2n) is 13.0. The number of hydrogen-bond donors (Lipinski definition) is 4. The summed E-state index contributed by atoms with van der Waals surface area (Å²) in [5, 5.41) is 42.8. The van der Waals surface area contributed by atoms with Crippen molar-refractivity contribution in [2.75, 3.05) is 0 Å². The van der Waals surface area contributed by atoms with Crippen molar-refractivity contribution in [1.29, 1.82) is 0 Å². The summed E-state index contributed by atoms with van der Waals surface area (Å²) in [5.41, 5.74) is -3.46. The lowest BCUT2D eigenvalue weighted by molar-refractivity contribution is -0.148. The molecule has 0 heterocycles. The van der Waals surface area contributed by atoms with Crippen molar-refractivity contribution < 1.29 is 34.8 Å². The molecule has 0 spiro atoms. The van der Waals surface area contributed by atoms with E-state index < -0.39 is 51.4 Å². The Bertz CT molecular complexity index is 977. The predicted molar refractivity (Wildman–Crippen MR) is 125 cm³/mol. The Balaban J connectivity index is 1.87. The summed E-state index contributed by atoms with van der Waals surface area (Å²) in [6, 6.07) is 0. The van der Waals surface area contributed by atoms with Gasteiger partial charge in [0.25, 0.3) is 0 Å². The van der Waals surface area contributed by atoms with Crippen LogP contribution in [0.1, 0.15) is 86.5 Å². The third-order valence-electron chi connectivity index (χ3n) is 10.9. The number of aliphatic hydroxyl groups is 3. The lowest BCUT2D eigenvalue weighted by Gasteiger charge is -2.62. The van der Waals surface area contributed by atoms with E-state index in [4.69, 9.17) is 5.11 Å². The molecular formula is C27H40O7. The van der Waals surface area contributed by atoms with E-state index >= 15 is 0 Å². The minimum Gasteiger partial charge on any atom is -0.481 e. The van der Waals surface area contributed by atoms with Crippen LogP contribution in [-0.2, 0) is 14.4 Å². The molecule has 4 rings (SSSR count). The van der Waals surface area contributed by atoms with E-state index in [-0.39, 0.29) is 43.2 Å². The first-order valence-corrected chi connectivity index (χ1v) is 12.6. The highest BCUT2D eigenvalue weighted by molar-refractivity contribution is 6.05. The molecule has 2 fully saturated rings. The molecule has 8 atom stereocenters. The Hall–Kier alpha value is -1.57. The minimum atomic E-state index is -1.44. The normalized spacial score (nSPS) is 45.3. The summed E-state index contributed by atoms with van der Waals surface area (Å²) in [6.45, 7) is 11.3. The summed E-state index contributed by atoms with van der Waals surface area (Å²) in [7, 11) is 0. The van der Waals surface area contributed by atoms with E-state index in [0.29, 0.717) is 30.4 Å². The van der Waals surface area contributed by atoms with Crippen molar-refractivity contribution >= 4 is 17.5 Å². The fourth-order valence-corrected chi connectivity index (χ4v) is 8.67. The van der Waals surface area contributed by atoms with Gasteiger partial charge >= 0.3 is 5.97 Å². The van der Waals surface area contributed by atoms with Gasteiger partial charge in [0.05, 0.1) is 23.2 Å². The van der Waals surface area contributed by atoms with Crippen LogP contribution >= 0.6 is 0 Å². The number of carbonyl (C=O) groups is 3.